The summed E-state index contributed by atoms with van der Waals surface area (Å²) in [5.74, 6) is -0.770. The zero-order valence-electron chi connectivity index (χ0n) is 11.7. The molecule has 0 aromatic carbocycles. The van der Waals surface area contributed by atoms with Gasteiger partial charge in [0.15, 0.2) is 0 Å². The summed E-state index contributed by atoms with van der Waals surface area (Å²) in [4.78, 5) is 11.5. The maximum absolute atomic E-state index is 11.5. The van der Waals surface area contributed by atoms with Gasteiger partial charge in [-0.3, -0.25) is 4.79 Å². The fourth-order valence-corrected chi connectivity index (χ4v) is 2.67. The van der Waals surface area contributed by atoms with E-state index >= 15 is 0 Å². The van der Waals surface area contributed by atoms with Crippen LogP contribution in [0.4, 0.5) is 0 Å². The zero-order chi connectivity index (χ0) is 13.8. The van der Waals surface area contributed by atoms with Gasteiger partial charge in [0.25, 0.3) is 0 Å². The van der Waals surface area contributed by atoms with Crippen molar-refractivity contribution in [2.24, 2.45) is 10.8 Å². The van der Waals surface area contributed by atoms with Crippen LogP contribution in [0.1, 0.15) is 52.9 Å². The highest BCUT2D eigenvalue weighted by atomic mass is 16.5. The minimum atomic E-state index is -0.770. The molecular formula is C14H26O4. The molecule has 106 valence electrons. The van der Waals surface area contributed by atoms with Gasteiger partial charge in [0.1, 0.15) is 0 Å². The van der Waals surface area contributed by atoms with Crippen molar-refractivity contribution < 1.29 is 19.7 Å². The first-order chi connectivity index (χ1) is 8.31. The second kappa shape index (κ2) is 6.02. The fraction of sp³-hybridized carbons (Fsp3) is 0.929. The number of ether oxygens (including phenoxy) is 1. The molecule has 0 aromatic heterocycles. The number of hydrogen-bond donors (Lipinski definition) is 2. The van der Waals surface area contributed by atoms with Crippen LogP contribution in [0, 0.1) is 10.8 Å². The van der Waals surface area contributed by atoms with Gasteiger partial charge in [0.2, 0.25) is 0 Å². The number of carbonyl (C=O) groups is 1. The molecule has 0 aliphatic heterocycles. The van der Waals surface area contributed by atoms with E-state index in [4.69, 9.17) is 4.74 Å². The topological polar surface area (TPSA) is 66.8 Å². The van der Waals surface area contributed by atoms with Gasteiger partial charge in [-0.15, -0.1) is 0 Å². The Labute approximate surface area is 109 Å². The van der Waals surface area contributed by atoms with Crippen LogP contribution >= 0.6 is 0 Å². The lowest BCUT2D eigenvalue weighted by Crippen LogP contribution is -2.41. The van der Waals surface area contributed by atoms with Crippen LogP contribution in [0.3, 0.4) is 0 Å². The predicted octanol–water partition coefficient (Wildman–Crippen LogP) is 2.45. The maximum atomic E-state index is 11.5. The number of aliphatic carboxylic acids is 1. The third-order valence-electron chi connectivity index (χ3n) is 4.16. The highest BCUT2D eigenvalue weighted by molar-refractivity contribution is 5.74. The fourth-order valence-electron chi connectivity index (χ4n) is 2.67. The van der Waals surface area contributed by atoms with Crippen LogP contribution < -0.4 is 0 Å². The van der Waals surface area contributed by atoms with Crippen LogP contribution in [0.5, 0.6) is 0 Å². The van der Waals surface area contributed by atoms with Crippen molar-refractivity contribution in [2.75, 3.05) is 13.2 Å². The molecule has 2 N–H and O–H groups in total. The van der Waals surface area contributed by atoms with Crippen molar-refractivity contribution in [3.63, 3.8) is 0 Å². The highest BCUT2D eigenvalue weighted by Crippen LogP contribution is 2.47. The summed E-state index contributed by atoms with van der Waals surface area (Å²) in [7, 11) is 0. The van der Waals surface area contributed by atoms with E-state index in [-0.39, 0.29) is 12.0 Å². The first-order valence-electron chi connectivity index (χ1n) is 6.80. The lowest BCUT2D eigenvalue weighted by atomic mass is 9.63. The molecular weight excluding hydrogens is 232 g/mol. The van der Waals surface area contributed by atoms with Crippen molar-refractivity contribution in [1.82, 2.24) is 0 Å². The van der Waals surface area contributed by atoms with E-state index in [9.17, 15) is 15.0 Å². The van der Waals surface area contributed by atoms with E-state index in [0.29, 0.717) is 25.9 Å². The molecule has 0 aromatic rings. The lowest BCUT2D eigenvalue weighted by Gasteiger charge is -2.41. The van der Waals surface area contributed by atoms with Crippen molar-refractivity contribution in [2.45, 2.75) is 59.0 Å². The van der Waals surface area contributed by atoms with Crippen LogP contribution in [-0.4, -0.2) is 35.5 Å². The van der Waals surface area contributed by atoms with Crippen molar-refractivity contribution in [3.8, 4) is 0 Å². The van der Waals surface area contributed by atoms with Crippen LogP contribution in [0.15, 0.2) is 0 Å². The maximum Gasteiger partial charge on any atom is 0.309 e. The average molecular weight is 258 g/mol. The molecule has 0 bridgehead atoms. The normalized spacial score (nSPS) is 23.6. The Balaban J connectivity index is 2.63. The third kappa shape index (κ3) is 3.95. The van der Waals surface area contributed by atoms with Gasteiger partial charge in [-0.2, -0.15) is 0 Å². The predicted molar refractivity (Wildman–Crippen MR) is 69.4 cm³/mol. The number of carboxylic acids is 1. The summed E-state index contributed by atoms with van der Waals surface area (Å²) >= 11 is 0. The highest BCUT2D eigenvalue weighted by Gasteiger charge is 2.45. The Morgan fingerprint density at radius 2 is 1.83 bits per heavy atom. The second-order valence-corrected chi connectivity index (χ2v) is 6.27. The van der Waals surface area contributed by atoms with E-state index in [1.54, 1.807) is 0 Å². The molecule has 1 unspecified atom stereocenters. The Morgan fingerprint density at radius 1 is 1.28 bits per heavy atom. The number of aliphatic hydroxyl groups excluding tert-OH is 1. The molecule has 0 heterocycles. The molecule has 1 atom stereocenters. The molecule has 1 aliphatic rings. The first kappa shape index (κ1) is 15.4. The summed E-state index contributed by atoms with van der Waals surface area (Å²) < 4.78 is 5.16. The molecule has 1 rings (SSSR count). The standard InChI is InChI=1S/C14H26O4/c1-4-18-10-11(15)9-14(12(16)17)7-5-13(2,3)6-8-14/h11,15H,4-10H2,1-3H3,(H,16,17). The molecule has 1 aliphatic carbocycles. The number of hydrogen-bond acceptors (Lipinski definition) is 3. The summed E-state index contributed by atoms with van der Waals surface area (Å²) in [6.07, 6.45) is 2.73. The lowest BCUT2D eigenvalue weighted by molar-refractivity contribution is -0.155. The Hall–Kier alpha value is -0.610. The van der Waals surface area contributed by atoms with Crippen molar-refractivity contribution >= 4 is 5.97 Å². The van der Waals surface area contributed by atoms with E-state index in [1.807, 2.05) is 6.92 Å². The summed E-state index contributed by atoms with van der Waals surface area (Å²) in [5, 5.41) is 19.4. The van der Waals surface area contributed by atoms with E-state index in [2.05, 4.69) is 13.8 Å². The molecule has 18 heavy (non-hydrogen) atoms. The number of rotatable bonds is 6. The van der Waals surface area contributed by atoms with Gasteiger partial charge < -0.3 is 14.9 Å². The second-order valence-electron chi connectivity index (χ2n) is 6.27. The molecule has 0 amide bonds. The van der Waals surface area contributed by atoms with E-state index in [1.165, 1.54) is 0 Å². The van der Waals surface area contributed by atoms with E-state index in [0.717, 1.165) is 12.8 Å². The zero-order valence-corrected chi connectivity index (χ0v) is 11.7. The number of aliphatic hydroxyl groups is 1. The van der Waals surface area contributed by atoms with Crippen LogP contribution in [0.25, 0.3) is 0 Å². The van der Waals surface area contributed by atoms with Gasteiger partial charge in [0.05, 0.1) is 18.1 Å². The molecule has 1 saturated carbocycles. The quantitative estimate of drug-likeness (QED) is 0.768. The molecule has 4 nitrogen and oxygen atoms in total. The summed E-state index contributed by atoms with van der Waals surface area (Å²) in [6.45, 7) is 6.99. The van der Waals surface area contributed by atoms with Gasteiger partial charge in [-0.1, -0.05) is 13.8 Å². The first-order valence-corrected chi connectivity index (χ1v) is 6.80. The average Bonchev–Trinajstić information content (AvgIpc) is 2.29. The Kier molecular flexibility index (Phi) is 5.17. The third-order valence-corrected chi connectivity index (χ3v) is 4.16. The molecule has 1 fully saturated rings. The molecule has 0 radical (unpaired) electrons. The minimum Gasteiger partial charge on any atom is -0.481 e. The van der Waals surface area contributed by atoms with Gasteiger partial charge in [0, 0.05) is 6.61 Å². The van der Waals surface area contributed by atoms with Crippen LogP contribution in [0.2, 0.25) is 0 Å². The Morgan fingerprint density at radius 3 is 2.28 bits per heavy atom. The largest absolute Gasteiger partial charge is 0.481 e. The summed E-state index contributed by atoms with van der Waals surface area (Å²) in [6, 6.07) is 0. The van der Waals surface area contributed by atoms with Gasteiger partial charge >= 0.3 is 5.97 Å². The molecule has 0 saturated heterocycles. The van der Waals surface area contributed by atoms with Crippen molar-refractivity contribution in [1.29, 1.82) is 0 Å². The smallest absolute Gasteiger partial charge is 0.309 e. The SMILES string of the molecule is CCOCC(O)CC1(C(=O)O)CCC(C)(C)CC1. The van der Waals surface area contributed by atoms with Gasteiger partial charge in [-0.25, -0.2) is 0 Å². The summed E-state index contributed by atoms with van der Waals surface area (Å²) in [5.41, 5.74) is -0.532. The monoisotopic (exact) mass is 258 g/mol. The van der Waals surface area contributed by atoms with Gasteiger partial charge in [-0.05, 0) is 44.4 Å². The Bertz CT molecular complexity index is 276. The van der Waals surface area contributed by atoms with Crippen LogP contribution in [-0.2, 0) is 9.53 Å². The minimum absolute atomic E-state index is 0.226. The van der Waals surface area contributed by atoms with Crippen molar-refractivity contribution in [3.05, 3.63) is 0 Å². The molecule has 4 heteroatoms. The number of carboxylic acid groups (broad SMARTS) is 1. The molecule has 0 spiro atoms. The van der Waals surface area contributed by atoms with E-state index < -0.39 is 17.5 Å².